The fraction of sp³-hybridized carbons (Fsp3) is 0.182. The van der Waals surface area contributed by atoms with E-state index in [1.54, 1.807) is 18.2 Å². The van der Waals surface area contributed by atoms with Gasteiger partial charge in [0.05, 0.1) is 23.5 Å². The number of rotatable bonds is 9. The lowest BCUT2D eigenvalue weighted by Crippen LogP contribution is -2.37. The largest absolute Gasteiger partial charge is 0.459 e. The van der Waals surface area contributed by atoms with Crippen LogP contribution in [0, 0.1) is 0 Å². The summed E-state index contributed by atoms with van der Waals surface area (Å²) in [5.74, 6) is -1.48. The molecule has 0 radical (unpaired) electrons. The van der Waals surface area contributed by atoms with Crippen molar-refractivity contribution in [1.82, 2.24) is 10.6 Å². The van der Waals surface area contributed by atoms with Gasteiger partial charge in [0.2, 0.25) is 5.91 Å². The third kappa shape index (κ3) is 5.81. The normalized spacial score (nSPS) is 11.1. The Balaban J connectivity index is 1.52. The van der Waals surface area contributed by atoms with E-state index in [-0.39, 0.29) is 34.4 Å². The first-order chi connectivity index (χ1) is 14.5. The van der Waals surface area contributed by atoms with E-state index >= 15 is 0 Å². The standard InChI is InChI=1S/C22H22N2O5S/c25-20(23-13-11-17-7-3-1-4-8-17)15-24-22(26)21-18(12-14-29-21)16-30(27,28)19-9-5-2-6-10-19/h1-10,12,14H,11,13,15-16H2,(H,23,25)(H,24,26). The molecule has 8 heteroatoms. The van der Waals surface area contributed by atoms with Gasteiger partial charge >= 0.3 is 0 Å². The van der Waals surface area contributed by atoms with E-state index in [9.17, 15) is 18.0 Å². The summed E-state index contributed by atoms with van der Waals surface area (Å²) >= 11 is 0. The van der Waals surface area contributed by atoms with E-state index in [1.807, 2.05) is 30.3 Å². The van der Waals surface area contributed by atoms with Gasteiger partial charge in [-0.2, -0.15) is 0 Å². The highest BCUT2D eigenvalue weighted by atomic mass is 32.2. The Hall–Kier alpha value is -3.39. The minimum Gasteiger partial charge on any atom is -0.459 e. The molecule has 3 rings (SSSR count). The summed E-state index contributed by atoms with van der Waals surface area (Å²) < 4.78 is 30.2. The second-order valence-electron chi connectivity index (χ2n) is 6.62. The molecular weight excluding hydrogens is 404 g/mol. The zero-order valence-electron chi connectivity index (χ0n) is 16.2. The van der Waals surface area contributed by atoms with Crippen molar-refractivity contribution in [3.63, 3.8) is 0 Å². The molecular formula is C22H22N2O5S. The Morgan fingerprint density at radius 1 is 0.867 bits per heavy atom. The lowest BCUT2D eigenvalue weighted by molar-refractivity contribution is -0.120. The van der Waals surface area contributed by atoms with E-state index < -0.39 is 15.7 Å². The fourth-order valence-corrected chi connectivity index (χ4v) is 4.23. The van der Waals surface area contributed by atoms with Crippen molar-refractivity contribution in [3.8, 4) is 0 Å². The van der Waals surface area contributed by atoms with Crippen molar-refractivity contribution in [1.29, 1.82) is 0 Å². The Morgan fingerprint density at radius 2 is 1.53 bits per heavy atom. The molecule has 0 spiro atoms. The van der Waals surface area contributed by atoms with E-state index in [0.29, 0.717) is 13.0 Å². The topological polar surface area (TPSA) is 105 Å². The Labute approximate surface area is 175 Å². The Morgan fingerprint density at radius 3 is 2.23 bits per heavy atom. The monoisotopic (exact) mass is 426 g/mol. The number of furan rings is 1. The van der Waals surface area contributed by atoms with Crippen LogP contribution in [0.4, 0.5) is 0 Å². The van der Waals surface area contributed by atoms with Gasteiger partial charge < -0.3 is 15.1 Å². The molecule has 2 aromatic carbocycles. The lowest BCUT2D eigenvalue weighted by Gasteiger charge is -2.08. The molecule has 0 aliphatic carbocycles. The molecule has 7 nitrogen and oxygen atoms in total. The summed E-state index contributed by atoms with van der Waals surface area (Å²) in [5, 5.41) is 5.19. The molecule has 1 aromatic heterocycles. The van der Waals surface area contributed by atoms with Crippen molar-refractivity contribution in [3.05, 3.63) is 89.9 Å². The second-order valence-corrected chi connectivity index (χ2v) is 8.60. The van der Waals surface area contributed by atoms with E-state index in [1.165, 1.54) is 24.5 Å². The van der Waals surface area contributed by atoms with E-state index in [2.05, 4.69) is 10.6 Å². The van der Waals surface area contributed by atoms with E-state index in [4.69, 9.17) is 4.42 Å². The van der Waals surface area contributed by atoms with Crippen LogP contribution in [-0.2, 0) is 26.8 Å². The average molecular weight is 426 g/mol. The minimum atomic E-state index is -3.63. The highest BCUT2D eigenvalue weighted by molar-refractivity contribution is 7.90. The summed E-state index contributed by atoms with van der Waals surface area (Å²) in [7, 11) is -3.63. The Kier molecular flexibility index (Phi) is 7.03. The molecule has 0 saturated carbocycles. The van der Waals surface area contributed by atoms with Crippen molar-refractivity contribution >= 4 is 21.7 Å². The maximum Gasteiger partial charge on any atom is 0.287 e. The van der Waals surface area contributed by atoms with Crippen molar-refractivity contribution in [2.75, 3.05) is 13.1 Å². The lowest BCUT2D eigenvalue weighted by atomic mass is 10.1. The molecule has 0 aliphatic heterocycles. The summed E-state index contributed by atoms with van der Waals surface area (Å²) in [6.07, 6.45) is 1.94. The first-order valence-electron chi connectivity index (χ1n) is 9.39. The van der Waals surface area contributed by atoms with Crippen LogP contribution in [0.25, 0.3) is 0 Å². The number of nitrogens with one attached hydrogen (secondary N) is 2. The third-order valence-electron chi connectivity index (χ3n) is 4.39. The number of benzene rings is 2. The molecule has 0 saturated heterocycles. The van der Waals surface area contributed by atoms with Gasteiger partial charge in [-0.15, -0.1) is 0 Å². The second kappa shape index (κ2) is 9.89. The number of carbonyl (C=O) groups is 2. The van der Waals surface area contributed by atoms with Crippen LogP contribution >= 0.6 is 0 Å². The number of amides is 2. The first-order valence-corrected chi connectivity index (χ1v) is 11.0. The maximum absolute atomic E-state index is 12.5. The van der Waals surface area contributed by atoms with Gasteiger partial charge in [0.1, 0.15) is 0 Å². The van der Waals surface area contributed by atoms with Crippen LogP contribution in [0.3, 0.4) is 0 Å². The molecule has 2 N–H and O–H groups in total. The highest BCUT2D eigenvalue weighted by Crippen LogP contribution is 2.19. The predicted octanol–water partition coefficient (Wildman–Crippen LogP) is 2.34. The molecule has 0 aliphatic rings. The van der Waals surface area contributed by atoms with Gasteiger partial charge in [-0.3, -0.25) is 9.59 Å². The fourth-order valence-electron chi connectivity index (χ4n) is 2.86. The van der Waals surface area contributed by atoms with Crippen LogP contribution in [0.5, 0.6) is 0 Å². The van der Waals surface area contributed by atoms with Gasteiger partial charge in [-0.05, 0) is 30.2 Å². The summed E-state index contributed by atoms with van der Waals surface area (Å²) in [6.45, 7) is 0.208. The summed E-state index contributed by atoms with van der Waals surface area (Å²) in [6, 6.07) is 19.1. The van der Waals surface area contributed by atoms with Crippen LogP contribution < -0.4 is 10.6 Å². The highest BCUT2D eigenvalue weighted by Gasteiger charge is 2.22. The molecule has 3 aromatic rings. The number of hydrogen-bond acceptors (Lipinski definition) is 5. The van der Waals surface area contributed by atoms with Gasteiger partial charge in [0, 0.05) is 12.1 Å². The zero-order valence-corrected chi connectivity index (χ0v) is 17.0. The number of carbonyl (C=O) groups excluding carboxylic acids is 2. The van der Waals surface area contributed by atoms with Crippen molar-refractivity contribution < 1.29 is 22.4 Å². The summed E-state index contributed by atoms with van der Waals surface area (Å²) in [4.78, 5) is 24.5. The van der Waals surface area contributed by atoms with Gasteiger partial charge in [0.25, 0.3) is 5.91 Å². The smallest absolute Gasteiger partial charge is 0.287 e. The average Bonchev–Trinajstić information content (AvgIpc) is 3.21. The van der Waals surface area contributed by atoms with Crippen molar-refractivity contribution in [2.45, 2.75) is 17.1 Å². The van der Waals surface area contributed by atoms with Gasteiger partial charge in [0.15, 0.2) is 15.6 Å². The maximum atomic E-state index is 12.5. The molecule has 0 bridgehead atoms. The number of sulfone groups is 1. The Bertz CT molecular complexity index is 1090. The summed E-state index contributed by atoms with van der Waals surface area (Å²) in [5.41, 5.74) is 1.34. The predicted molar refractivity (Wildman–Crippen MR) is 112 cm³/mol. The molecule has 30 heavy (non-hydrogen) atoms. The van der Waals surface area contributed by atoms with Crippen LogP contribution in [0.15, 0.2) is 82.3 Å². The van der Waals surface area contributed by atoms with Gasteiger partial charge in [-0.1, -0.05) is 48.5 Å². The number of hydrogen-bond donors (Lipinski definition) is 2. The quantitative estimate of drug-likeness (QED) is 0.546. The van der Waals surface area contributed by atoms with Crippen molar-refractivity contribution in [2.24, 2.45) is 0 Å². The molecule has 0 unspecified atom stereocenters. The molecule has 2 amide bonds. The zero-order chi connectivity index (χ0) is 21.4. The minimum absolute atomic E-state index is 0.119. The molecule has 0 atom stereocenters. The SMILES string of the molecule is O=C(CNC(=O)c1occc1CS(=O)(=O)c1ccccc1)NCCc1ccccc1. The van der Waals surface area contributed by atoms with Crippen LogP contribution in [0.2, 0.25) is 0 Å². The molecule has 1 heterocycles. The van der Waals surface area contributed by atoms with Crippen LogP contribution in [-0.4, -0.2) is 33.3 Å². The first kappa shape index (κ1) is 21.3. The molecule has 0 fully saturated rings. The van der Waals surface area contributed by atoms with Crippen LogP contribution in [0.1, 0.15) is 21.7 Å². The molecule has 156 valence electrons. The van der Waals surface area contributed by atoms with E-state index in [0.717, 1.165) is 5.56 Å². The van der Waals surface area contributed by atoms with Gasteiger partial charge in [-0.25, -0.2) is 8.42 Å². The third-order valence-corrected chi connectivity index (χ3v) is 6.07.